The van der Waals surface area contributed by atoms with Crippen molar-refractivity contribution < 1.29 is 5.11 Å². The number of H-pyrrole nitrogens is 1. The Hall–Kier alpha value is -2.22. The van der Waals surface area contributed by atoms with E-state index in [4.69, 9.17) is 0 Å². The number of benzene rings is 1. The predicted octanol–water partition coefficient (Wildman–Crippen LogP) is 1.39. The molecule has 19 heavy (non-hydrogen) atoms. The topological polar surface area (TPSA) is 103 Å². The van der Waals surface area contributed by atoms with Crippen LogP contribution in [0.5, 0.6) is 5.75 Å². The van der Waals surface area contributed by atoms with Gasteiger partial charge < -0.3 is 5.11 Å². The first-order valence-electron chi connectivity index (χ1n) is 5.27. The van der Waals surface area contributed by atoms with Crippen LogP contribution in [-0.2, 0) is 0 Å². The van der Waals surface area contributed by atoms with Gasteiger partial charge in [-0.05, 0) is 25.1 Å². The lowest BCUT2D eigenvalue weighted by molar-refractivity contribution is 0.474. The molecule has 0 aliphatic carbocycles. The maximum atomic E-state index is 11.3. The highest BCUT2D eigenvalue weighted by Crippen LogP contribution is 2.19. The van der Waals surface area contributed by atoms with Gasteiger partial charge in [-0.2, -0.15) is 5.10 Å². The van der Waals surface area contributed by atoms with Crippen molar-refractivity contribution in [2.75, 3.05) is 5.43 Å². The first kappa shape index (κ1) is 13.2. The lowest BCUT2D eigenvalue weighted by Crippen LogP contribution is -2.15. The molecule has 0 saturated carbocycles. The van der Waals surface area contributed by atoms with Crippen molar-refractivity contribution in [3.63, 3.8) is 0 Å². The number of rotatable bonds is 3. The molecule has 8 heteroatoms. The zero-order valence-electron chi connectivity index (χ0n) is 9.88. The van der Waals surface area contributed by atoms with Crippen molar-refractivity contribution in [1.82, 2.24) is 15.2 Å². The maximum absolute atomic E-state index is 11.3. The molecule has 0 amide bonds. The number of phenols is 1. The van der Waals surface area contributed by atoms with Crippen molar-refractivity contribution in [3.8, 4) is 5.75 Å². The first-order valence-corrected chi connectivity index (χ1v) is 6.07. The largest absolute Gasteiger partial charge is 0.507 e. The Morgan fingerprint density at radius 2 is 2.26 bits per heavy atom. The van der Waals surface area contributed by atoms with E-state index in [1.807, 2.05) is 0 Å². The van der Waals surface area contributed by atoms with E-state index in [0.717, 1.165) is 4.47 Å². The molecule has 0 fully saturated rings. The zero-order valence-corrected chi connectivity index (χ0v) is 11.5. The summed E-state index contributed by atoms with van der Waals surface area (Å²) < 4.78 is 0.815. The Kier molecular flexibility index (Phi) is 3.91. The number of nitrogens with one attached hydrogen (secondary N) is 2. The van der Waals surface area contributed by atoms with Crippen molar-refractivity contribution >= 4 is 28.1 Å². The Labute approximate surface area is 116 Å². The van der Waals surface area contributed by atoms with Crippen molar-refractivity contribution in [2.24, 2.45) is 5.10 Å². The molecule has 0 bridgehead atoms. The van der Waals surface area contributed by atoms with Crippen LogP contribution in [-0.4, -0.2) is 26.5 Å². The van der Waals surface area contributed by atoms with Gasteiger partial charge in [-0.25, -0.2) is 5.43 Å². The van der Waals surface area contributed by atoms with Gasteiger partial charge in [-0.3, -0.25) is 9.78 Å². The van der Waals surface area contributed by atoms with E-state index in [-0.39, 0.29) is 23.0 Å². The fraction of sp³-hybridized carbons (Fsp3) is 0.0909. The van der Waals surface area contributed by atoms with E-state index in [9.17, 15) is 9.90 Å². The second-order valence-corrected chi connectivity index (χ2v) is 4.58. The summed E-state index contributed by atoms with van der Waals surface area (Å²) in [5, 5.41) is 20.8. The number of hydrogen-bond donors (Lipinski definition) is 3. The fourth-order valence-electron chi connectivity index (χ4n) is 1.24. The normalized spacial score (nSPS) is 10.8. The fourth-order valence-corrected chi connectivity index (χ4v) is 1.61. The van der Waals surface area contributed by atoms with Crippen LogP contribution in [0.4, 0.5) is 5.95 Å². The molecular weight excluding hydrogens is 314 g/mol. The molecule has 98 valence electrons. The standard InChI is InChI=1S/C11H10BrN5O2/c1-6-10(19)14-11(17-15-6)16-13-5-7-4-8(12)2-3-9(7)18/h2-5,18H,1H3,(H2,14,16,17,19). The molecule has 0 saturated heterocycles. The lowest BCUT2D eigenvalue weighted by atomic mass is 10.2. The SMILES string of the molecule is Cc1nnc(NN=Cc2cc(Br)ccc2O)[nH]c1=O. The summed E-state index contributed by atoms with van der Waals surface area (Å²) in [6, 6.07) is 4.95. The van der Waals surface area contributed by atoms with E-state index < -0.39 is 0 Å². The molecule has 7 nitrogen and oxygen atoms in total. The van der Waals surface area contributed by atoms with Crippen LogP contribution in [0.2, 0.25) is 0 Å². The monoisotopic (exact) mass is 323 g/mol. The van der Waals surface area contributed by atoms with E-state index >= 15 is 0 Å². The minimum absolute atomic E-state index is 0.0947. The van der Waals surface area contributed by atoms with E-state index in [1.54, 1.807) is 25.1 Å². The van der Waals surface area contributed by atoms with Crippen LogP contribution in [0, 0.1) is 6.92 Å². The number of aromatic nitrogens is 3. The van der Waals surface area contributed by atoms with Gasteiger partial charge in [-0.15, -0.1) is 10.2 Å². The van der Waals surface area contributed by atoms with Gasteiger partial charge in [0.05, 0.1) is 6.21 Å². The Balaban J connectivity index is 2.13. The number of phenolic OH excluding ortho intramolecular Hbond substituents is 1. The third kappa shape index (κ3) is 3.38. The molecule has 0 spiro atoms. The molecule has 0 aliphatic heterocycles. The molecule has 0 radical (unpaired) electrons. The number of aromatic amines is 1. The Morgan fingerprint density at radius 3 is 3.00 bits per heavy atom. The van der Waals surface area contributed by atoms with Crippen molar-refractivity contribution in [3.05, 3.63) is 44.3 Å². The third-order valence-electron chi connectivity index (χ3n) is 2.22. The molecule has 2 rings (SSSR count). The van der Waals surface area contributed by atoms with Gasteiger partial charge >= 0.3 is 0 Å². The number of hydrazone groups is 1. The molecule has 1 aromatic heterocycles. The van der Waals surface area contributed by atoms with Crippen LogP contribution in [0.1, 0.15) is 11.3 Å². The quantitative estimate of drug-likeness (QED) is 0.585. The number of aryl methyl sites for hydroxylation is 1. The zero-order chi connectivity index (χ0) is 13.8. The van der Waals surface area contributed by atoms with Gasteiger partial charge in [0.1, 0.15) is 11.4 Å². The molecule has 3 N–H and O–H groups in total. The first-order chi connectivity index (χ1) is 9.06. The van der Waals surface area contributed by atoms with Crippen molar-refractivity contribution in [2.45, 2.75) is 6.92 Å². The molecular formula is C11H10BrN5O2. The number of halogens is 1. The highest BCUT2D eigenvalue weighted by atomic mass is 79.9. The molecule has 1 heterocycles. The van der Waals surface area contributed by atoms with Gasteiger partial charge in [-0.1, -0.05) is 15.9 Å². The van der Waals surface area contributed by atoms with E-state index in [2.05, 4.69) is 41.6 Å². The number of hydrogen-bond acceptors (Lipinski definition) is 6. The van der Waals surface area contributed by atoms with Crippen LogP contribution < -0.4 is 11.0 Å². The van der Waals surface area contributed by atoms with Crippen LogP contribution in [0.25, 0.3) is 0 Å². The average Bonchev–Trinajstić information content (AvgIpc) is 2.38. The molecule has 0 unspecified atom stereocenters. The highest BCUT2D eigenvalue weighted by molar-refractivity contribution is 9.10. The maximum Gasteiger partial charge on any atom is 0.274 e. The number of aromatic hydroxyl groups is 1. The summed E-state index contributed by atoms with van der Waals surface area (Å²) in [5.41, 5.74) is 2.98. The smallest absolute Gasteiger partial charge is 0.274 e. The molecule has 1 aromatic carbocycles. The third-order valence-corrected chi connectivity index (χ3v) is 2.72. The Morgan fingerprint density at radius 1 is 1.47 bits per heavy atom. The molecule has 0 atom stereocenters. The van der Waals surface area contributed by atoms with Crippen molar-refractivity contribution in [1.29, 1.82) is 0 Å². The summed E-state index contributed by atoms with van der Waals surface area (Å²) in [6.07, 6.45) is 1.40. The van der Waals surface area contributed by atoms with Gasteiger partial charge in [0, 0.05) is 10.0 Å². The summed E-state index contributed by atoms with van der Waals surface area (Å²) in [7, 11) is 0. The summed E-state index contributed by atoms with van der Waals surface area (Å²) in [6.45, 7) is 1.55. The van der Waals surface area contributed by atoms with E-state index in [1.165, 1.54) is 6.21 Å². The predicted molar refractivity (Wildman–Crippen MR) is 74.4 cm³/mol. The molecule has 2 aromatic rings. The minimum atomic E-state index is -0.335. The van der Waals surface area contributed by atoms with E-state index in [0.29, 0.717) is 5.56 Å². The van der Waals surface area contributed by atoms with Crippen LogP contribution in [0.3, 0.4) is 0 Å². The lowest BCUT2D eigenvalue weighted by Gasteiger charge is -2.00. The minimum Gasteiger partial charge on any atom is -0.507 e. The second-order valence-electron chi connectivity index (χ2n) is 3.66. The van der Waals surface area contributed by atoms with Crippen LogP contribution >= 0.6 is 15.9 Å². The second kappa shape index (κ2) is 5.61. The average molecular weight is 324 g/mol. The number of anilines is 1. The summed E-state index contributed by atoms with van der Waals surface area (Å²) >= 11 is 3.29. The summed E-state index contributed by atoms with van der Waals surface area (Å²) in [4.78, 5) is 13.7. The Bertz CT molecular complexity index is 683. The van der Waals surface area contributed by atoms with Gasteiger partial charge in [0.15, 0.2) is 0 Å². The number of nitrogens with zero attached hydrogens (tertiary/aromatic N) is 3. The highest BCUT2D eigenvalue weighted by Gasteiger charge is 2.00. The molecule has 0 aliphatic rings. The summed E-state index contributed by atoms with van der Waals surface area (Å²) in [5.74, 6) is 0.221. The van der Waals surface area contributed by atoms with Gasteiger partial charge in [0.25, 0.3) is 5.56 Å². The van der Waals surface area contributed by atoms with Gasteiger partial charge in [0.2, 0.25) is 5.95 Å². The van der Waals surface area contributed by atoms with Crippen LogP contribution in [0.15, 0.2) is 32.6 Å².